The molecule has 1 saturated carbocycles. The van der Waals surface area contributed by atoms with Gasteiger partial charge in [-0.15, -0.1) is 0 Å². The summed E-state index contributed by atoms with van der Waals surface area (Å²) in [5, 5.41) is 10.1. The number of hydrogen-bond acceptors (Lipinski definition) is 4. The first-order valence-electron chi connectivity index (χ1n) is 7.20. The largest absolute Gasteiger partial charge is 0.359 e. The molecule has 1 aromatic rings. The van der Waals surface area contributed by atoms with E-state index in [-0.39, 0.29) is 5.91 Å². The van der Waals surface area contributed by atoms with Crippen molar-refractivity contribution in [2.75, 3.05) is 6.54 Å². The van der Waals surface area contributed by atoms with E-state index < -0.39 is 0 Å². The van der Waals surface area contributed by atoms with Crippen molar-refractivity contribution >= 4 is 5.91 Å². The molecule has 5 nitrogen and oxygen atoms in total. The van der Waals surface area contributed by atoms with Crippen LogP contribution < -0.4 is 10.6 Å². The third kappa shape index (κ3) is 4.35. The highest BCUT2D eigenvalue weighted by Gasteiger charge is 2.22. The number of carbonyl (C=O) groups excluding carboxylic acids is 1. The molecule has 0 unspecified atom stereocenters. The molecule has 5 heteroatoms. The Morgan fingerprint density at radius 3 is 2.84 bits per heavy atom. The van der Waals surface area contributed by atoms with Gasteiger partial charge < -0.3 is 15.2 Å². The van der Waals surface area contributed by atoms with Gasteiger partial charge in [0.15, 0.2) is 11.5 Å². The maximum absolute atomic E-state index is 11.8. The molecule has 2 N–H and O–H groups in total. The fourth-order valence-corrected chi connectivity index (χ4v) is 1.98. The lowest BCUT2D eigenvalue weighted by molar-refractivity contribution is 0.0942. The molecule has 1 heterocycles. The molecule has 0 bridgehead atoms. The minimum Gasteiger partial charge on any atom is -0.359 e. The Kier molecular flexibility index (Phi) is 4.96. The molecule has 1 amide bonds. The van der Waals surface area contributed by atoms with Crippen molar-refractivity contribution in [1.82, 2.24) is 15.8 Å². The Hall–Kier alpha value is -1.36. The molecule has 1 aliphatic rings. The van der Waals surface area contributed by atoms with Crippen molar-refractivity contribution < 1.29 is 9.32 Å². The van der Waals surface area contributed by atoms with Gasteiger partial charge in [0.05, 0.1) is 6.54 Å². The first-order valence-corrected chi connectivity index (χ1v) is 7.20. The second-order valence-electron chi connectivity index (χ2n) is 5.23. The molecule has 0 radical (unpaired) electrons. The zero-order valence-corrected chi connectivity index (χ0v) is 11.7. The number of hydrogen-bond donors (Lipinski definition) is 2. The molecular weight excluding hydrogens is 242 g/mol. The van der Waals surface area contributed by atoms with E-state index in [4.69, 9.17) is 4.52 Å². The highest BCUT2D eigenvalue weighted by molar-refractivity contribution is 5.92. The fourth-order valence-electron chi connectivity index (χ4n) is 1.98. The molecule has 1 fully saturated rings. The molecule has 0 atom stereocenters. The zero-order valence-electron chi connectivity index (χ0n) is 11.7. The Labute approximate surface area is 114 Å². The SMILES string of the molecule is CCC(CC)NCc1cc(C(=O)NCC2CC2)no1. The lowest BCUT2D eigenvalue weighted by Crippen LogP contribution is -2.27. The zero-order chi connectivity index (χ0) is 13.7. The Morgan fingerprint density at radius 2 is 2.21 bits per heavy atom. The summed E-state index contributed by atoms with van der Waals surface area (Å²) in [5.41, 5.74) is 0.377. The molecule has 106 valence electrons. The predicted octanol–water partition coefficient (Wildman–Crippen LogP) is 2.09. The first kappa shape index (κ1) is 14.1. The van der Waals surface area contributed by atoms with E-state index in [1.165, 1.54) is 12.8 Å². The monoisotopic (exact) mass is 265 g/mol. The number of carbonyl (C=O) groups is 1. The summed E-state index contributed by atoms with van der Waals surface area (Å²) in [6.07, 6.45) is 4.62. The third-order valence-corrected chi connectivity index (χ3v) is 3.59. The lowest BCUT2D eigenvalue weighted by atomic mass is 10.2. The average molecular weight is 265 g/mol. The summed E-state index contributed by atoms with van der Waals surface area (Å²) < 4.78 is 5.17. The van der Waals surface area contributed by atoms with Crippen LogP contribution in [0.1, 0.15) is 55.8 Å². The first-order chi connectivity index (χ1) is 9.22. The van der Waals surface area contributed by atoms with Crippen LogP contribution in [0.2, 0.25) is 0 Å². The van der Waals surface area contributed by atoms with Crippen LogP contribution in [-0.2, 0) is 6.54 Å². The van der Waals surface area contributed by atoms with Crippen molar-refractivity contribution in [1.29, 1.82) is 0 Å². The molecular formula is C14H23N3O2. The molecule has 0 spiro atoms. The van der Waals surface area contributed by atoms with Gasteiger partial charge in [-0.05, 0) is 31.6 Å². The maximum Gasteiger partial charge on any atom is 0.273 e. The van der Waals surface area contributed by atoms with E-state index in [0.29, 0.717) is 30.0 Å². The second kappa shape index (κ2) is 6.70. The van der Waals surface area contributed by atoms with Crippen LogP contribution in [0.15, 0.2) is 10.6 Å². The highest BCUT2D eigenvalue weighted by Crippen LogP contribution is 2.27. The quantitative estimate of drug-likeness (QED) is 0.755. The normalized spacial score (nSPS) is 14.9. The fraction of sp³-hybridized carbons (Fsp3) is 0.714. The topological polar surface area (TPSA) is 67.2 Å². The van der Waals surface area contributed by atoms with Gasteiger partial charge in [0.25, 0.3) is 5.91 Å². The molecule has 1 aromatic heterocycles. The number of amides is 1. The molecule has 1 aliphatic carbocycles. The lowest BCUT2D eigenvalue weighted by Gasteiger charge is -2.12. The van der Waals surface area contributed by atoms with Crippen molar-refractivity contribution in [3.63, 3.8) is 0 Å². The number of rotatable bonds is 8. The van der Waals surface area contributed by atoms with Crippen LogP contribution in [-0.4, -0.2) is 23.7 Å². The van der Waals surface area contributed by atoms with Gasteiger partial charge >= 0.3 is 0 Å². The van der Waals surface area contributed by atoms with Crippen LogP contribution in [0.3, 0.4) is 0 Å². The van der Waals surface area contributed by atoms with E-state index >= 15 is 0 Å². The predicted molar refractivity (Wildman–Crippen MR) is 72.8 cm³/mol. The summed E-state index contributed by atoms with van der Waals surface area (Å²) in [4.78, 5) is 11.8. The van der Waals surface area contributed by atoms with Gasteiger partial charge in [-0.2, -0.15) is 0 Å². The Balaban J connectivity index is 1.78. The number of aromatic nitrogens is 1. The van der Waals surface area contributed by atoms with E-state index in [9.17, 15) is 4.79 Å². The average Bonchev–Trinajstić information content (AvgIpc) is 3.14. The van der Waals surface area contributed by atoms with Crippen molar-refractivity contribution in [2.45, 2.75) is 52.1 Å². The minimum absolute atomic E-state index is 0.135. The van der Waals surface area contributed by atoms with Gasteiger partial charge in [0.2, 0.25) is 0 Å². The Morgan fingerprint density at radius 1 is 1.47 bits per heavy atom. The van der Waals surface area contributed by atoms with Gasteiger partial charge in [0.1, 0.15) is 0 Å². The van der Waals surface area contributed by atoms with Gasteiger partial charge in [-0.1, -0.05) is 19.0 Å². The van der Waals surface area contributed by atoms with Crippen LogP contribution in [0.4, 0.5) is 0 Å². The van der Waals surface area contributed by atoms with Crippen molar-refractivity contribution in [3.05, 3.63) is 17.5 Å². The van der Waals surface area contributed by atoms with Gasteiger partial charge in [-0.3, -0.25) is 4.79 Å². The van der Waals surface area contributed by atoms with Gasteiger partial charge in [0, 0.05) is 18.7 Å². The molecule has 19 heavy (non-hydrogen) atoms. The number of nitrogens with one attached hydrogen (secondary N) is 2. The van der Waals surface area contributed by atoms with E-state index in [0.717, 1.165) is 19.4 Å². The molecule has 2 rings (SSSR count). The van der Waals surface area contributed by atoms with Crippen LogP contribution in [0.25, 0.3) is 0 Å². The van der Waals surface area contributed by atoms with Crippen LogP contribution in [0.5, 0.6) is 0 Å². The van der Waals surface area contributed by atoms with Crippen LogP contribution in [0, 0.1) is 5.92 Å². The van der Waals surface area contributed by atoms with E-state index in [2.05, 4.69) is 29.6 Å². The summed E-state index contributed by atoms with van der Waals surface area (Å²) in [5.74, 6) is 1.25. The summed E-state index contributed by atoms with van der Waals surface area (Å²) in [7, 11) is 0. The molecule has 0 aromatic carbocycles. The standard InChI is InChI=1S/C14H23N3O2/c1-3-11(4-2)15-9-12-7-13(17-19-12)14(18)16-8-10-5-6-10/h7,10-11,15H,3-6,8-9H2,1-2H3,(H,16,18). The maximum atomic E-state index is 11.8. The summed E-state index contributed by atoms with van der Waals surface area (Å²) in [6.45, 7) is 5.68. The van der Waals surface area contributed by atoms with E-state index in [1.807, 2.05) is 0 Å². The smallest absolute Gasteiger partial charge is 0.273 e. The highest BCUT2D eigenvalue weighted by atomic mass is 16.5. The van der Waals surface area contributed by atoms with Crippen LogP contribution >= 0.6 is 0 Å². The summed E-state index contributed by atoms with van der Waals surface area (Å²) in [6, 6.07) is 2.20. The van der Waals surface area contributed by atoms with Gasteiger partial charge in [-0.25, -0.2) is 0 Å². The molecule has 0 saturated heterocycles. The van der Waals surface area contributed by atoms with Crippen molar-refractivity contribution in [3.8, 4) is 0 Å². The Bertz CT molecular complexity index is 409. The molecule has 0 aliphatic heterocycles. The number of nitrogens with zero attached hydrogens (tertiary/aromatic N) is 1. The summed E-state index contributed by atoms with van der Waals surface area (Å²) >= 11 is 0. The second-order valence-corrected chi connectivity index (χ2v) is 5.23. The third-order valence-electron chi connectivity index (χ3n) is 3.59. The van der Waals surface area contributed by atoms with E-state index in [1.54, 1.807) is 6.07 Å². The van der Waals surface area contributed by atoms with Crippen molar-refractivity contribution in [2.24, 2.45) is 5.92 Å². The minimum atomic E-state index is -0.135.